The molecule has 0 aliphatic rings. The van der Waals surface area contributed by atoms with Gasteiger partial charge in [-0.05, 0) is 44.9 Å². The minimum atomic E-state index is -0.534. The van der Waals surface area contributed by atoms with Crippen LogP contribution in [0.1, 0.15) is 42.3 Å². The third kappa shape index (κ3) is 5.60. The second-order valence-electron chi connectivity index (χ2n) is 5.92. The molecule has 0 bridgehead atoms. The van der Waals surface area contributed by atoms with Gasteiger partial charge in [-0.15, -0.1) is 0 Å². The standard InChI is InChI=1S/C17H24N2O3/c1-6-13-12(2)8-7-9-14(13)15(20)18-10-11-19-16(21)22-17(3,4)5/h6-9H,1,10-11H2,2-5H3,(H,18,20)(H,19,21). The van der Waals surface area contributed by atoms with Gasteiger partial charge < -0.3 is 15.4 Å². The lowest BCUT2D eigenvalue weighted by Crippen LogP contribution is -2.38. The molecular weight excluding hydrogens is 280 g/mol. The lowest BCUT2D eigenvalue weighted by Gasteiger charge is -2.19. The van der Waals surface area contributed by atoms with E-state index in [1.807, 2.05) is 19.1 Å². The SMILES string of the molecule is C=Cc1c(C)cccc1C(=O)NCCNC(=O)OC(C)(C)C. The molecule has 5 heteroatoms. The maximum absolute atomic E-state index is 12.1. The van der Waals surface area contributed by atoms with Crippen molar-refractivity contribution >= 4 is 18.1 Å². The van der Waals surface area contributed by atoms with E-state index in [-0.39, 0.29) is 5.91 Å². The molecule has 0 atom stereocenters. The molecule has 22 heavy (non-hydrogen) atoms. The van der Waals surface area contributed by atoms with E-state index in [9.17, 15) is 9.59 Å². The highest BCUT2D eigenvalue weighted by molar-refractivity contribution is 5.98. The lowest BCUT2D eigenvalue weighted by atomic mass is 10.0. The number of ether oxygens (including phenoxy) is 1. The molecule has 0 radical (unpaired) electrons. The summed E-state index contributed by atoms with van der Waals surface area (Å²) in [6.45, 7) is 11.7. The van der Waals surface area contributed by atoms with Gasteiger partial charge in [0.05, 0.1) is 0 Å². The van der Waals surface area contributed by atoms with E-state index in [0.717, 1.165) is 11.1 Å². The van der Waals surface area contributed by atoms with Crippen molar-refractivity contribution in [2.45, 2.75) is 33.3 Å². The Balaban J connectivity index is 2.46. The third-order valence-corrected chi connectivity index (χ3v) is 2.85. The van der Waals surface area contributed by atoms with Crippen molar-refractivity contribution in [3.05, 3.63) is 41.5 Å². The summed E-state index contributed by atoms with van der Waals surface area (Å²) >= 11 is 0. The molecule has 0 saturated carbocycles. The first-order chi connectivity index (χ1) is 10.2. The number of carbonyl (C=O) groups is 2. The van der Waals surface area contributed by atoms with Crippen molar-refractivity contribution in [1.29, 1.82) is 0 Å². The molecule has 0 heterocycles. The van der Waals surface area contributed by atoms with Crippen molar-refractivity contribution in [2.24, 2.45) is 0 Å². The Bertz CT molecular complexity index is 560. The molecule has 0 aliphatic carbocycles. The Morgan fingerprint density at radius 2 is 1.86 bits per heavy atom. The molecule has 0 aromatic heterocycles. The van der Waals surface area contributed by atoms with Crippen LogP contribution in [-0.4, -0.2) is 30.7 Å². The number of carbonyl (C=O) groups excluding carboxylic acids is 2. The zero-order valence-electron chi connectivity index (χ0n) is 13.7. The third-order valence-electron chi connectivity index (χ3n) is 2.85. The predicted molar refractivity (Wildman–Crippen MR) is 87.8 cm³/mol. The molecule has 1 aromatic carbocycles. The van der Waals surface area contributed by atoms with Gasteiger partial charge in [0.25, 0.3) is 5.91 Å². The van der Waals surface area contributed by atoms with Crippen LogP contribution in [0.25, 0.3) is 6.08 Å². The van der Waals surface area contributed by atoms with Crippen LogP contribution in [0.4, 0.5) is 4.79 Å². The van der Waals surface area contributed by atoms with Crippen molar-refractivity contribution in [3.8, 4) is 0 Å². The number of alkyl carbamates (subject to hydrolysis) is 1. The second kappa shape index (κ2) is 7.64. The van der Waals surface area contributed by atoms with E-state index < -0.39 is 11.7 Å². The summed E-state index contributed by atoms with van der Waals surface area (Å²) in [5.41, 5.74) is 1.86. The fourth-order valence-corrected chi connectivity index (χ4v) is 1.90. The Kier molecular flexibility index (Phi) is 6.16. The number of amides is 2. The van der Waals surface area contributed by atoms with Crippen molar-refractivity contribution in [2.75, 3.05) is 13.1 Å². The topological polar surface area (TPSA) is 67.4 Å². The normalized spacial score (nSPS) is 10.7. The van der Waals surface area contributed by atoms with Crippen LogP contribution >= 0.6 is 0 Å². The summed E-state index contributed by atoms with van der Waals surface area (Å²) in [5, 5.41) is 5.35. The van der Waals surface area contributed by atoms with Crippen LogP contribution in [0.15, 0.2) is 24.8 Å². The van der Waals surface area contributed by atoms with Gasteiger partial charge in [-0.25, -0.2) is 4.79 Å². The summed E-state index contributed by atoms with van der Waals surface area (Å²) in [7, 11) is 0. The van der Waals surface area contributed by atoms with Crippen LogP contribution in [0, 0.1) is 6.92 Å². The smallest absolute Gasteiger partial charge is 0.407 e. The first kappa shape index (κ1) is 17.8. The van der Waals surface area contributed by atoms with Gasteiger partial charge in [-0.3, -0.25) is 4.79 Å². The van der Waals surface area contributed by atoms with Crippen LogP contribution < -0.4 is 10.6 Å². The van der Waals surface area contributed by atoms with Gasteiger partial charge in [0.15, 0.2) is 0 Å². The summed E-state index contributed by atoms with van der Waals surface area (Å²) in [6.07, 6.45) is 1.17. The predicted octanol–water partition coefficient (Wildman–Crippen LogP) is 2.89. The number of benzene rings is 1. The highest BCUT2D eigenvalue weighted by Crippen LogP contribution is 2.15. The Morgan fingerprint density at radius 3 is 2.45 bits per heavy atom. The minimum absolute atomic E-state index is 0.190. The van der Waals surface area contributed by atoms with E-state index in [0.29, 0.717) is 18.7 Å². The van der Waals surface area contributed by atoms with Gasteiger partial charge >= 0.3 is 6.09 Å². The first-order valence-electron chi connectivity index (χ1n) is 7.21. The number of nitrogens with one attached hydrogen (secondary N) is 2. The van der Waals surface area contributed by atoms with E-state index >= 15 is 0 Å². The van der Waals surface area contributed by atoms with Gasteiger partial charge in [-0.2, -0.15) is 0 Å². The molecule has 120 valence electrons. The molecule has 0 fully saturated rings. The van der Waals surface area contributed by atoms with E-state index in [2.05, 4.69) is 17.2 Å². The largest absolute Gasteiger partial charge is 0.444 e. The fraction of sp³-hybridized carbons (Fsp3) is 0.412. The molecule has 1 rings (SSSR count). The second-order valence-corrected chi connectivity index (χ2v) is 5.92. The lowest BCUT2D eigenvalue weighted by molar-refractivity contribution is 0.0526. The molecular formula is C17H24N2O3. The van der Waals surface area contributed by atoms with Crippen LogP contribution in [0.2, 0.25) is 0 Å². The highest BCUT2D eigenvalue weighted by Gasteiger charge is 2.15. The Hall–Kier alpha value is -2.30. The zero-order chi connectivity index (χ0) is 16.8. The summed E-state index contributed by atoms with van der Waals surface area (Å²) in [4.78, 5) is 23.6. The molecule has 0 spiro atoms. The number of hydrogen-bond acceptors (Lipinski definition) is 3. The molecule has 1 aromatic rings. The van der Waals surface area contributed by atoms with Gasteiger partial charge in [0.2, 0.25) is 0 Å². The minimum Gasteiger partial charge on any atom is -0.444 e. The number of hydrogen-bond donors (Lipinski definition) is 2. The van der Waals surface area contributed by atoms with Gasteiger partial charge in [0, 0.05) is 18.7 Å². The Labute approximate surface area is 131 Å². The molecule has 2 amide bonds. The van der Waals surface area contributed by atoms with E-state index in [1.54, 1.807) is 32.9 Å². The van der Waals surface area contributed by atoms with Crippen LogP contribution in [0.5, 0.6) is 0 Å². The quantitative estimate of drug-likeness (QED) is 0.822. The monoisotopic (exact) mass is 304 g/mol. The maximum Gasteiger partial charge on any atom is 0.407 e. The Morgan fingerprint density at radius 1 is 1.23 bits per heavy atom. The summed E-state index contributed by atoms with van der Waals surface area (Å²) < 4.78 is 5.11. The average Bonchev–Trinajstić information content (AvgIpc) is 2.41. The molecule has 0 aliphatic heterocycles. The summed E-state index contributed by atoms with van der Waals surface area (Å²) in [6, 6.07) is 5.51. The van der Waals surface area contributed by atoms with Crippen LogP contribution in [-0.2, 0) is 4.74 Å². The number of aryl methyl sites for hydroxylation is 1. The van der Waals surface area contributed by atoms with Crippen molar-refractivity contribution in [3.63, 3.8) is 0 Å². The van der Waals surface area contributed by atoms with Crippen molar-refractivity contribution < 1.29 is 14.3 Å². The molecule has 2 N–H and O–H groups in total. The highest BCUT2D eigenvalue weighted by atomic mass is 16.6. The molecule has 0 unspecified atom stereocenters. The average molecular weight is 304 g/mol. The summed E-state index contributed by atoms with van der Waals surface area (Å²) in [5.74, 6) is -0.190. The molecule has 5 nitrogen and oxygen atoms in total. The van der Waals surface area contributed by atoms with E-state index in [1.165, 1.54) is 0 Å². The zero-order valence-corrected chi connectivity index (χ0v) is 13.7. The van der Waals surface area contributed by atoms with Crippen molar-refractivity contribution in [1.82, 2.24) is 10.6 Å². The van der Waals surface area contributed by atoms with Crippen LogP contribution in [0.3, 0.4) is 0 Å². The maximum atomic E-state index is 12.1. The van der Waals surface area contributed by atoms with Gasteiger partial charge in [0.1, 0.15) is 5.60 Å². The van der Waals surface area contributed by atoms with Gasteiger partial charge in [-0.1, -0.05) is 24.8 Å². The number of rotatable bonds is 5. The molecule has 0 saturated heterocycles. The first-order valence-corrected chi connectivity index (χ1v) is 7.21. The fourth-order valence-electron chi connectivity index (χ4n) is 1.90. The van der Waals surface area contributed by atoms with E-state index in [4.69, 9.17) is 4.74 Å².